The summed E-state index contributed by atoms with van der Waals surface area (Å²) < 4.78 is 0. The first-order chi connectivity index (χ1) is 15.2. The first-order valence-electron chi connectivity index (χ1n) is 11.6. The van der Waals surface area contributed by atoms with Crippen LogP contribution in [0.15, 0.2) is 42.5 Å². The number of piperidine rings is 1. The molecule has 4 atom stereocenters. The van der Waals surface area contributed by atoms with Crippen molar-refractivity contribution in [3.63, 3.8) is 0 Å². The third-order valence-corrected chi connectivity index (χ3v) is 7.10. The van der Waals surface area contributed by atoms with Gasteiger partial charge >= 0.3 is 5.97 Å². The highest BCUT2D eigenvalue weighted by molar-refractivity contribution is 5.68. The van der Waals surface area contributed by atoms with Gasteiger partial charge in [0.1, 0.15) is 5.82 Å². The van der Waals surface area contributed by atoms with Crippen LogP contribution >= 0.6 is 0 Å². The molecular weight excluding hydrogens is 388 g/mol. The zero-order valence-corrected chi connectivity index (χ0v) is 18.0. The summed E-state index contributed by atoms with van der Waals surface area (Å²) in [5.41, 5.74) is 3.61. The number of fused-ring (bicyclic) bond motifs is 2. The summed E-state index contributed by atoms with van der Waals surface area (Å²) in [5.74, 6) is 1.66. The third-order valence-electron chi connectivity index (χ3n) is 7.10. The van der Waals surface area contributed by atoms with Gasteiger partial charge in [0.2, 0.25) is 0 Å². The van der Waals surface area contributed by atoms with Gasteiger partial charge in [-0.1, -0.05) is 36.4 Å². The first kappa shape index (κ1) is 20.5. The lowest BCUT2D eigenvalue weighted by atomic mass is 10.0. The van der Waals surface area contributed by atoms with Gasteiger partial charge in [-0.25, -0.2) is 4.98 Å². The van der Waals surface area contributed by atoms with Crippen molar-refractivity contribution < 1.29 is 9.90 Å². The number of aromatic nitrogens is 1. The van der Waals surface area contributed by atoms with Crippen LogP contribution in [0.3, 0.4) is 0 Å². The maximum absolute atomic E-state index is 11.3. The van der Waals surface area contributed by atoms with Gasteiger partial charge < -0.3 is 20.6 Å². The fraction of sp³-hybridized carbons (Fsp3) is 0.520. The van der Waals surface area contributed by atoms with Crippen LogP contribution in [-0.4, -0.2) is 53.2 Å². The van der Waals surface area contributed by atoms with Gasteiger partial charge in [0.15, 0.2) is 0 Å². The highest BCUT2D eigenvalue weighted by Crippen LogP contribution is 2.46. The van der Waals surface area contributed by atoms with Crippen LogP contribution in [0.2, 0.25) is 0 Å². The van der Waals surface area contributed by atoms with Gasteiger partial charge in [-0.15, -0.1) is 0 Å². The second-order valence-corrected chi connectivity index (χ2v) is 9.29. The molecule has 0 spiro atoms. The van der Waals surface area contributed by atoms with Crippen LogP contribution in [0.4, 0.5) is 5.82 Å². The molecule has 0 bridgehead atoms. The summed E-state index contributed by atoms with van der Waals surface area (Å²) >= 11 is 0. The van der Waals surface area contributed by atoms with Gasteiger partial charge in [0, 0.05) is 37.4 Å². The number of aryl methyl sites for hydroxylation is 2. The highest BCUT2D eigenvalue weighted by Gasteiger charge is 2.55. The number of carbonyl (C=O) groups is 1. The maximum atomic E-state index is 11.3. The Morgan fingerprint density at radius 1 is 1.19 bits per heavy atom. The number of hydrogen-bond acceptors (Lipinski definition) is 5. The topological polar surface area (TPSA) is 77.5 Å². The zero-order valence-electron chi connectivity index (χ0n) is 18.0. The zero-order chi connectivity index (χ0) is 21.2. The summed E-state index contributed by atoms with van der Waals surface area (Å²) in [6, 6.07) is 14.8. The molecule has 1 unspecified atom stereocenters. The Kier molecular flexibility index (Phi) is 5.92. The monoisotopic (exact) mass is 420 g/mol. The van der Waals surface area contributed by atoms with E-state index in [2.05, 4.69) is 27.7 Å². The molecule has 31 heavy (non-hydrogen) atoms. The average molecular weight is 421 g/mol. The molecule has 1 aliphatic carbocycles. The number of hydrogen-bond donors (Lipinski definition) is 3. The Hall–Kier alpha value is -2.44. The second-order valence-electron chi connectivity index (χ2n) is 9.29. The Labute approximate surface area is 184 Å². The molecule has 164 valence electrons. The fourth-order valence-corrected chi connectivity index (χ4v) is 5.40. The SMILES string of the molecule is O=C(O)C[C@@H](NC1[C@H]2CN(CCCc3ccc4c(n3)NCCC4)C[C@@H]12)c1ccccc1. The Morgan fingerprint density at radius 2 is 2.00 bits per heavy atom. The van der Waals surface area contributed by atoms with Crippen LogP contribution < -0.4 is 10.6 Å². The Bertz CT molecular complexity index is 907. The van der Waals surface area contributed by atoms with Crippen LogP contribution in [0.5, 0.6) is 0 Å². The molecule has 6 nitrogen and oxygen atoms in total. The van der Waals surface area contributed by atoms with Crippen LogP contribution in [0.1, 0.15) is 42.1 Å². The molecule has 5 rings (SSSR count). The van der Waals surface area contributed by atoms with E-state index in [9.17, 15) is 9.90 Å². The van der Waals surface area contributed by atoms with Crippen molar-refractivity contribution in [2.75, 3.05) is 31.5 Å². The Balaban J connectivity index is 1.08. The summed E-state index contributed by atoms with van der Waals surface area (Å²) in [6.45, 7) is 4.39. The molecule has 1 aromatic heterocycles. The summed E-state index contributed by atoms with van der Waals surface area (Å²) in [4.78, 5) is 18.7. The number of rotatable bonds is 9. The molecule has 3 aliphatic rings. The number of anilines is 1. The molecule has 1 aromatic carbocycles. The molecule has 2 aliphatic heterocycles. The predicted molar refractivity (Wildman–Crippen MR) is 121 cm³/mol. The minimum Gasteiger partial charge on any atom is -0.481 e. The third kappa shape index (κ3) is 4.75. The molecule has 6 heteroatoms. The molecular formula is C25H32N4O2. The number of benzene rings is 1. The minimum absolute atomic E-state index is 0.105. The number of pyridine rings is 1. The van der Waals surface area contributed by atoms with E-state index in [0.717, 1.165) is 56.8 Å². The molecule has 2 aromatic rings. The number of likely N-dealkylation sites (tertiary alicyclic amines) is 1. The van der Waals surface area contributed by atoms with E-state index in [1.807, 2.05) is 30.3 Å². The lowest BCUT2D eigenvalue weighted by Crippen LogP contribution is -2.34. The van der Waals surface area contributed by atoms with Gasteiger partial charge in [0.05, 0.1) is 6.42 Å². The van der Waals surface area contributed by atoms with Crippen molar-refractivity contribution in [2.45, 2.75) is 44.2 Å². The van der Waals surface area contributed by atoms with E-state index < -0.39 is 5.97 Å². The maximum Gasteiger partial charge on any atom is 0.305 e. The smallest absolute Gasteiger partial charge is 0.305 e. The van der Waals surface area contributed by atoms with Crippen molar-refractivity contribution in [3.05, 3.63) is 59.3 Å². The first-order valence-corrected chi connectivity index (χ1v) is 11.6. The van der Waals surface area contributed by atoms with E-state index in [-0.39, 0.29) is 12.5 Å². The quantitative estimate of drug-likeness (QED) is 0.579. The van der Waals surface area contributed by atoms with Crippen LogP contribution in [0, 0.1) is 11.8 Å². The van der Waals surface area contributed by atoms with Gasteiger partial charge in [0.25, 0.3) is 0 Å². The van der Waals surface area contributed by atoms with Gasteiger partial charge in [-0.3, -0.25) is 4.79 Å². The second kappa shape index (κ2) is 8.97. The fourth-order valence-electron chi connectivity index (χ4n) is 5.40. The molecule has 0 radical (unpaired) electrons. The average Bonchev–Trinajstić information content (AvgIpc) is 3.22. The lowest BCUT2D eigenvalue weighted by Gasteiger charge is -2.23. The van der Waals surface area contributed by atoms with Crippen molar-refractivity contribution in [1.82, 2.24) is 15.2 Å². The molecule has 1 saturated carbocycles. The predicted octanol–water partition coefficient (Wildman–Crippen LogP) is 3.11. The summed E-state index contributed by atoms with van der Waals surface area (Å²) in [7, 11) is 0. The summed E-state index contributed by atoms with van der Waals surface area (Å²) in [5, 5.41) is 16.4. The number of aliphatic carboxylic acids is 1. The van der Waals surface area contributed by atoms with Crippen molar-refractivity contribution in [3.8, 4) is 0 Å². The van der Waals surface area contributed by atoms with E-state index in [1.54, 1.807) is 0 Å². The van der Waals surface area contributed by atoms with Gasteiger partial charge in [-0.05, 0) is 61.3 Å². The number of carboxylic acid groups (broad SMARTS) is 1. The standard InChI is InChI=1S/C25H32N4O2/c30-23(31)14-22(17-6-2-1-3-7-17)28-24-20-15-29(16-21(20)24)13-5-9-19-11-10-18-8-4-12-26-25(18)27-19/h1-3,6-7,10-11,20-22,24,28H,4-5,8-9,12-16H2,(H,26,27)(H,30,31)/t20-,21+,22-,24?/m1/s1. The molecule has 0 amide bonds. The number of carboxylic acids is 1. The van der Waals surface area contributed by atoms with Crippen LogP contribution in [0.25, 0.3) is 0 Å². The van der Waals surface area contributed by atoms with E-state index >= 15 is 0 Å². The number of nitrogens with zero attached hydrogens (tertiary/aromatic N) is 2. The lowest BCUT2D eigenvalue weighted by molar-refractivity contribution is -0.137. The van der Waals surface area contributed by atoms with Crippen molar-refractivity contribution in [1.29, 1.82) is 0 Å². The van der Waals surface area contributed by atoms with E-state index in [4.69, 9.17) is 4.98 Å². The summed E-state index contributed by atoms with van der Waals surface area (Å²) in [6.07, 6.45) is 4.63. The Morgan fingerprint density at radius 3 is 2.77 bits per heavy atom. The molecule has 3 heterocycles. The normalized spacial score (nSPS) is 25.4. The van der Waals surface area contributed by atoms with Crippen molar-refractivity contribution >= 4 is 11.8 Å². The molecule has 2 fully saturated rings. The largest absolute Gasteiger partial charge is 0.481 e. The molecule has 1 saturated heterocycles. The van der Waals surface area contributed by atoms with Crippen molar-refractivity contribution in [2.24, 2.45) is 11.8 Å². The van der Waals surface area contributed by atoms with Gasteiger partial charge in [-0.2, -0.15) is 0 Å². The molecule has 3 N–H and O–H groups in total. The van der Waals surface area contributed by atoms with E-state index in [0.29, 0.717) is 17.9 Å². The minimum atomic E-state index is -0.750. The highest BCUT2D eigenvalue weighted by atomic mass is 16.4. The van der Waals surface area contributed by atoms with Crippen LogP contribution in [-0.2, 0) is 17.6 Å². The van der Waals surface area contributed by atoms with E-state index in [1.165, 1.54) is 17.7 Å². The number of nitrogens with one attached hydrogen (secondary N) is 2.